The van der Waals surface area contributed by atoms with Crippen LogP contribution in [0.1, 0.15) is 37.7 Å². The third kappa shape index (κ3) is 2.44. The monoisotopic (exact) mass is 262 g/mol. The molecule has 0 amide bonds. The molecule has 0 radical (unpaired) electrons. The molecule has 0 N–H and O–H groups in total. The molecule has 0 fully saturated rings. The number of halogens is 1. The minimum atomic E-state index is 0.0600. The van der Waals surface area contributed by atoms with Crippen molar-refractivity contribution in [3.05, 3.63) is 46.2 Å². The lowest BCUT2D eigenvalue weighted by atomic mass is 9.92. The van der Waals surface area contributed by atoms with Crippen LogP contribution in [0.4, 0.5) is 0 Å². The van der Waals surface area contributed by atoms with Crippen LogP contribution in [0.3, 0.4) is 0 Å². The third-order valence-corrected chi connectivity index (χ3v) is 3.46. The van der Waals surface area contributed by atoms with Crippen LogP contribution in [0.25, 0.3) is 5.69 Å². The topological polar surface area (TPSA) is 17.8 Å². The summed E-state index contributed by atoms with van der Waals surface area (Å²) in [7, 11) is 0. The Morgan fingerprint density at radius 3 is 2.28 bits per heavy atom. The summed E-state index contributed by atoms with van der Waals surface area (Å²) < 4.78 is 1.95. The molecular weight excluding hydrogens is 244 g/mol. The minimum Gasteiger partial charge on any atom is -0.238 e. The molecule has 1 aromatic heterocycles. The van der Waals surface area contributed by atoms with Gasteiger partial charge in [-0.05, 0) is 37.6 Å². The average Bonchev–Trinajstić information content (AvgIpc) is 2.64. The van der Waals surface area contributed by atoms with E-state index in [1.165, 1.54) is 0 Å². The maximum Gasteiger partial charge on any atom is 0.0685 e. The zero-order valence-corrected chi connectivity index (χ0v) is 12.3. The van der Waals surface area contributed by atoms with Crippen LogP contribution in [0.2, 0.25) is 5.02 Å². The predicted octanol–water partition coefficient (Wildman–Crippen LogP) is 4.44. The number of nitrogens with zero attached hydrogens (tertiary/aromatic N) is 2. The molecule has 2 rings (SSSR count). The lowest BCUT2D eigenvalue weighted by molar-refractivity contribution is 0.560. The van der Waals surface area contributed by atoms with Gasteiger partial charge in [0.05, 0.1) is 11.4 Å². The van der Waals surface area contributed by atoms with Crippen molar-refractivity contribution < 1.29 is 0 Å². The highest BCUT2D eigenvalue weighted by Gasteiger charge is 2.19. The second kappa shape index (κ2) is 4.43. The van der Waals surface area contributed by atoms with Gasteiger partial charge in [-0.15, -0.1) is 0 Å². The smallest absolute Gasteiger partial charge is 0.0685 e. The summed E-state index contributed by atoms with van der Waals surface area (Å²) in [5, 5.41) is 5.46. The molecule has 2 nitrogen and oxygen atoms in total. The van der Waals surface area contributed by atoms with Crippen molar-refractivity contribution in [3.63, 3.8) is 0 Å². The van der Waals surface area contributed by atoms with E-state index in [-0.39, 0.29) is 5.41 Å². The second-order valence-corrected chi connectivity index (χ2v) is 6.17. The Labute approximate surface area is 114 Å². The SMILES string of the molecule is Cc1ccc(-n2nc(C(C)(C)C)cc2C)cc1Cl. The van der Waals surface area contributed by atoms with E-state index in [9.17, 15) is 0 Å². The normalized spacial score (nSPS) is 11.9. The largest absolute Gasteiger partial charge is 0.238 e. The van der Waals surface area contributed by atoms with Gasteiger partial charge < -0.3 is 0 Å². The van der Waals surface area contributed by atoms with Crippen molar-refractivity contribution in [1.29, 1.82) is 0 Å². The minimum absolute atomic E-state index is 0.0600. The number of aromatic nitrogens is 2. The fourth-order valence-corrected chi connectivity index (χ4v) is 1.99. The molecule has 2 aromatic rings. The molecule has 0 saturated heterocycles. The highest BCUT2D eigenvalue weighted by Crippen LogP contribution is 2.25. The molecule has 1 heterocycles. The third-order valence-electron chi connectivity index (χ3n) is 3.06. The van der Waals surface area contributed by atoms with Crippen LogP contribution in [0, 0.1) is 13.8 Å². The van der Waals surface area contributed by atoms with E-state index in [0.717, 1.165) is 27.7 Å². The van der Waals surface area contributed by atoms with Crippen LogP contribution in [0.15, 0.2) is 24.3 Å². The highest BCUT2D eigenvalue weighted by molar-refractivity contribution is 6.31. The Hall–Kier alpha value is -1.28. The van der Waals surface area contributed by atoms with Crippen molar-refractivity contribution in [1.82, 2.24) is 9.78 Å². The molecule has 0 aliphatic carbocycles. The number of benzene rings is 1. The first-order valence-electron chi connectivity index (χ1n) is 6.13. The van der Waals surface area contributed by atoms with Gasteiger partial charge in [-0.1, -0.05) is 38.4 Å². The van der Waals surface area contributed by atoms with Crippen molar-refractivity contribution >= 4 is 11.6 Å². The number of rotatable bonds is 1. The fraction of sp³-hybridized carbons (Fsp3) is 0.400. The summed E-state index contributed by atoms with van der Waals surface area (Å²) in [5.74, 6) is 0. The molecule has 0 aliphatic heterocycles. The van der Waals surface area contributed by atoms with Gasteiger partial charge in [-0.25, -0.2) is 4.68 Å². The van der Waals surface area contributed by atoms with Crippen molar-refractivity contribution in [2.75, 3.05) is 0 Å². The first-order valence-corrected chi connectivity index (χ1v) is 6.50. The van der Waals surface area contributed by atoms with Gasteiger partial charge >= 0.3 is 0 Å². The molecule has 0 unspecified atom stereocenters. The van der Waals surface area contributed by atoms with Crippen molar-refractivity contribution in [2.24, 2.45) is 0 Å². The van der Waals surface area contributed by atoms with E-state index in [1.54, 1.807) is 0 Å². The molecule has 1 aromatic carbocycles. The van der Waals surface area contributed by atoms with E-state index in [4.69, 9.17) is 11.6 Å². The number of hydrogen-bond donors (Lipinski definition) is 0. The Balaban J connectivity index is 2.51. The maximum atomic E-state index is 6.17. The Morgan fingerprint density at radius 1 is 1.11 bits per heavy atom. The van der Waals surface area contributed by atoms with Crippen molar-refractivity contribution in [2.45, 2.75) is 40.0 Å². The van der Waals surface area contributed by atoms with E-state index in [1.807, 2.05) is 29.8 Å². The van der Waals surface area contributed by atoms with E-state index in [0.29, 0.717) is 0 Å². The predicted molar refractivity (Wildman–Crippen MR) is 76.7 cm³/mol. The fourth-order valence-electron chi connectivity index (χ4n) is 1.82. The summed E-state index contributed by atoms with van der Waals surface area (Å²) in [6, 6.07) is 8.17. The molecule has 0 saturated carbocycles. The molecule has 18 heavy (non-hydrogen) atoms. The van der Waals surface area contributed by atoms with Crippen LogP contribution >= 0.6 is 11.6 Å². The summed E-state index contributed by atoms with van der Waals surface area (Å²) in [5.41, 5.74) is 4.38. The molecule has 96 valence electrons. The van der Waals surface area contributed by atoms with Crippen LogP contribution in [0.5, 0.6) is 0 Å². The van der Waals surface area contributed by atoms with Gasteiger partial charge in [0.15, 0.2) is 0 Å². The first kappa shape index (κ1) is 13.2. The van der Waals surface area contributed by atoms with Gasteiger partial charge in [0.25, 0.3) is 0 Å². The summed E-state index contributed by atoms with van der Waals surface area (Å²) >= 11 is 6.17. The average molecular weight is 263 g/mol. The van der Waals surface area contributed by atoms with E-state index in [2.05, 4.69) is 38.9 Å². The summed E-state index contributed by atoms with van der Waals surface area (Å²) in [6.45, 7) is 10.6. The van der Waals surface area contributed by atoms with Crippen LogP contribution in [-0.4, -0.2) is 9.78 Å². The highest BCUT2D eigenvalue weighted by atomic mass is 35.5. The van der Waals surface area contributed by atoms with Crippen molar-refractivity contribution in [3.8, 4) is 5.69 Å². The van der Waals surface area contributed by atoms with Gasteiger partial charge in [-0.3, -0.25) is 0 Å². The van der Waals surface area contributed by atoms with Crippen LogP contribution < -0.4 is 0 Å². The zero-order chi connectivity index (χ0) is 13.5. The van der Waals surface area contributed by atoms with E-state index >= 15 is 0 Å². The van der Waals surface area contributed by atoms with Gasteiger partial charge in [-0.2, -0.15) is 5.10 Å². The molecule has 0 spiro atoms. The quantitative estimate of drug-likeness (QED) is 0.743. The molecule has 0 bridgehead atoms. The van der Waals surface area contributed by atoms with E-state index < -0.39 is 0 Å². The Bertz CT molecular complexity index is 577. The van der Waals surface area contributed by atoms with Gasteiger partial charge in [0.1, 0.15) is 0 Å². The number of aryl methyl sites for hydroxylation is 2. The second-order valence-electron chi connectivity index (χ2n) is 5.77. The van der Waals surface area contributed by atoms with Gasteiger partial charge in [0, 0.05) is 16.1 Å². The standard InChI is InChI=1S/C15H19ClN2/c1-10-6-7-12(9-13(10)16)18-11(2)8-14(17-18)15(3,4)5/h6-9H,1-5H3. The molecule has 0 aliphatic rings. The van der Waals surface area contributed by atoms with Crippen LogP contribution in [-0.2, 0) is 5.41 Å². The zero-order valence-electron chi connectivity index (χ0n) is 11.6. The Morgan fingerprint density at radius 2 is 1.78 bits per heavy atom. The number of hydrogen-bond acceptors (Lipinski definition) is 1. The molecule has 0 atom stereocenters. The Kier molecular flexibility index (Phi) is 3.24. The molecule has 3 heteroatoms. The summed E-state index contributed by atoms with van der Waals surface area (Å²) in [4.78, 5) is 0. The summed E-state index contributed by atoms with van der Waals surface area (Å²) in [6.07, 6.45) is 0. The maximum absolute atomic E-state index is 6.17. The lowest BCUT2D eigenvalue weighted by Crippen LogP contribution is -2.12. The molecular formula is C15H19ClN2. The van der Waals surface area contributed by atoms with Gasteiger partial charge in [0.2, 0.25) is 0 Å². The first-order chi connectivity index (χ1) is 8.29. The lowest BCUT2D eigenvalue weighted by Gasteiger charge is -2.14.